The highest BCUT2D eigenvalue weighted by atomic mass is 16.3. The summed E-state index contributed by atoms with van der Waals surface area (Å²) in [6, 6.07) is 20.9. The number of carbonyl (C=O) groups is 1. The van der Waals surface area contributed by atoms with Gasteiger partial charge >= 0.3 is 0 Å². The Kier molecular flexibility index (Phi) is 5.98. The van der Waals surface area contributed by atoms with Crippen LogP contribution in [0.1, 0.15) is 31.9 Å². The summed E-state index contributed by atoms with van der Waals surface area (Å²) in [5.41, 5.74) is 1.44. The normalized spacial score (nSPS) is 11.2. The molecule has 0 radical (unpaired) electrons. The molecule has 6 nitrogen and oxygen atoms in total. The van der Waals surface area contributed by atoms with Crippen LogP contribution in [0.3, 0.4) is 0 Å². The molecule has 2 aromatic heterocycles. The molecule has 0 atom stereocenters. The van der Waals surface area contributed by atoms with Gasteiger partial charge in [-0.15, -0.1) is 0 Å². The molecule has 0 saturated carbocycles. The number of aryl methyl sites for hydroxylation is 1. The van der Waals surface area contributed by atoms with Crippen molar-refractivity contribution in [3.63, 3.8) is 0 Å². The van der Waals surface area contributed by atoms with Gasteiger partial charge in [-0.3, -0.25) is 9.59 Å². The Morgan fingerprint density at radius 3 is 2.55 bits per heavy atom. The summed E-state index contributed by atoms with van der Waals surface area (Å²) in [7, 11) is 0. The Hall–Kier alpha value is -3.67. The zero-order valence-corrected chi connectivity index (χ0v) is 17.7. The topological polar surface area (TPSA) is 79.2 Å². The van der Waals surface area contributed by atoms with Crippen molar-refractivity contribution in [3.05, 3.63) is 88.7 Å². The lowest BCUT2D eigenvalue weighted by Crippen LogP contribution is -2.37. The zero-order valence-electron chi connectivity index (χ0n) is 17.7. The third-order valence-corrected chi connectivity index (χ3v) is 5.23. The van der Waals surface area contributed by atoms with Crippen molar-refractivity contribution in [2.24, 2.45) is 0 Å². The molecule has 0 aliphatic carbocycles. The van der Waals surface area contributed by atoms with Crippen LogP contribution in [0.4, 0.5) is 0 Å². The number of hydrogen-bond acceptors (Lipinski definition) is 4. The van der Waals surface area contributed by atoms with Gasteiger partial charge in [0.15, 0.2) is 0 Å². The molecular weight excluding hydrogens is 390 g/mol. The smallest absolute Gasteiger partial charge is 0.258 e. The fourth-order valence-corrected chi connectivity index (χ4v) is 3.57. The summed E-state index contributed by atoms with van der Waals surface area (Å²) in [6.07, 6.45) is 0.828. The van der Waals surface area contributed by atoms with Gasteiger partial charge in [-0.05, 0) is 38.1 Å². The Balaban J connectivity index is 1.45. The summed E-state index contributed by atoms with van der Waals surface area (Å²) in [5, 5.41) is 0.542. The third kappa shape index (κ3) is 4.74. The number of aromatic nitrogens is 2. The van der Waals surface area contributed by atoms with E-state index >= 15 is 0 Å². The fraction of sp³-hybridized carbons (Fsp3) is 0.240. The molecule has 2 aromatic carbocycles. The van der Waals surface area contributed by atoms with Gasteiger partial charge in [-0.1, -0.05) is 42.5 Å². The molecule has 1 amide bonds. The van der Waals surface area contributed by atoms with Crippen molar-refractivity contribution >= 4 is 16.8 Å². The lowest BCUT2D eigenvalue weighted by Gasteiger charge is -2.26. The average Bonchev–Trinajstić information content (AvgIpc) is 3.25. The Labute approximate surface area is 180 Å². The molecule has 0 saturated heterocycles. The lowest BCUT2D eigenvalue weighted by atomic mass is 10.2. The van der Waals surface area contributed by atoms with Gasteiger partial charge in [0, 0.05) is 24.4 Å². The van der Waals surface area contributed by atoms with Crippen LogP contribution in [0.5, 0.6) is 0 Å². The van der Waals surface area contributed by atoms with Crippen molar-refractivity contribution in [2.45, 2.75) is 39.3 Å². The summed E-state index contributed by atoms with van der Waals surface area (Å²) < 4.78 is 5.91. The molecule has 0 spiro atoms. The predicted octanol–water partition coefficient (Wildman–Crippen LogP) is 4.55. The number of amides is 1. The Morgan fingerprint density at radius 2 is 1.77 bits per heavy atom. The first-order valence-corrected chi connectivity index (χ1v) is 10.4. The number of rotatable bonds is 7. The van der Waals surface area contributed by atoms with Gasteiger partial charge in [0.1, 0.15) is 17.3 Å². The Morgan fingerprint density at radius 1 is 1.03 bits per heavy atom. The molecule has 0 fully saturated rings. The van der Waals surface area contributed by atoms with E-state index in [2.05, 4.69) is 9.97 Å². The van der Waals surface area contributed by atoms with Gasteiger partial charge in [0.25, 0.3) is 5.56 Å². The quantitative estimate of drug-likeness (QED) is 0.480. The number of carbonyl (C=O) groups excluding carboxylic acids is 1. The molecule has 6 heteroatoms. The molecule has 1 N–H and O–H groups in total. The molecule has 31 heavy (non-hydrogen) atoms. The number of fused-ring (bicyclic) bond motifs is 1. The van der Waals surface area contributed by atoms with Gasteiger partial charge in [-0.2, -0.15) is 0 Å². The van der Waals surface area contributed by atoms with E-state index in [-0.39, 0.29) is 24.1 Å². The van der Waals surface area contributed by atoms with Crippen molar-refractivity contribution in [3.8, 4) is 11.3 Å². The number of benzene rings is 2. The number of nitrogens with zero attached hydrogens (tertiary/aromatic N) is 2. The number of nitrogens with one attached hydrogen (secondary N) is 1. The SMILES string of the molecule is CC(C)N(Cc1nc2ccccc2c(=O)[nH]1)C(=O)CCc1ccc(-c2ccccc2)o1. The summed E-state index contributed by atoms with van der Waals surface area (Å²) in [5.74, 6) is 2.04. The summed E-state index contributed by atoms with van der Waals surface area (Å²) >= 11 is 0. The maximum absolute atomic E-state index is 13.0. The van der Waals surface area contributed by atoms with E-state index in [0.29, 0.717) is 29.6 Å². The molecule has 4 aromatic rings. The predicted molar refractivity (Wildman–Crippen MR) is 121 cm³/mol. The van der Waals surface area contributed by atoms with Crippen molar-refractivity contribution < 1.29 is 9.21 Å². The molecule has 4 rings (SSSR count). The van der Waals surface area contributed by atoms with Crippen molar-refractivity contribution in [1.82, 2.24) is 14.9 Å². The van der Waals surface area contributed by atoms with Crippen LogP contribution < -0.4 is 5.56 Å². The van der Waals surface area contributed by atoms with E-state index in [4.69, 9.17) is 4.42 Å². The second-order valence-electron chi connectivity index (χ2n) is 7.78. The number of H-pyrrole nitrogens is 1. The van der Waals surface area contributed by atoms with Crippen LogP contribution in [0.2, 0.25) is 0 Å². The van der Waals surface area contributed by atoms with Gasteiger partial charge < -0.3 is 14.3 Å². The van der Waals surface area contributed by atoms with E-state index < -0.39 is 0 Å². The minimum absolute atomic E-state index is 0.0107. The highest BCUT2D eigenvalue weighted by Gasteiger charge is 2.19. The second-order valence-corrected chi connectivity index (χ2v) is 7.78. The minimum atomic E-state index is -0.194. The first-order chi connectivity index (χ1) is 15.0. The molecule has 0 unspecified atom stereocenters. The van der Waals surface area contributed by atoms with Gasteiger partial charge in [-0.25, -0.2) is 4.98 Å². The summed E-state index contributed by atoms with van der Waals surface area (Å²) in [6.45, 7) is 4.17. The molecule has 0 aliphatic heterocycles. The van der Waals surface area contributed by atoms with E-state index in [1.807, 2.05) is 62.4 Å². The summed E-state index contributed by atoms with van der Waals surface area (Å²) in [4.78, 5) is 34.4. The molecule has 158 valence electrons. The first-order valence-electron chi connectivity index (χ1n) is 10.4. The standard InChI is InChI=1S/C25H25N3O3/c1-17(2)28(16-23-26-21-11-7-6-10-20(21)25(30)27-23)24(29)15-13-19-12-14-22(31-19)18-8-4-3-5-9-18/h3-12,14,17H,13,15-16H2,1-2H3,(H,26,27,30). The van der Waals surface area contributed by atoms with Crippen LogP contribution >= 0.6 is 0 Å². The number of hydrogen-bond donors (Lipinski definition) is 1. The van der Waals surface area contributed by atoms with E-state index in [9.17, 15) is 9.59 Å². The van der Waals surface area contributed by atoms with Gasteiger partial charge in [0.2, 0.25) is 5.91 Å². The van der Waals surface area contributed by atoms with Crippen LogP contribution in [0, 0.1) is 0 Å². The molecule has 0 aliphatic rings. The monoisotopic (exact) mass is 415 g/mol. The van der Waals surface area contributed by atoms with Gasteiger partial charge in [0.05, 0.1) is 17.4 Å². The maximum Gasteiger partial charge on any atom is 0.258 e. The van der Waals surface area contributed by atoms with Crippen molar-refractivity contribution in [1.29, 1.82) is 0 Å². The van der Waals surface area contributed by atoms with Crippen LogP contribution in [-0.2, 0) is 17.8 Å². The second kappa shape index (κ2) is 9.00. The molecular formula is C25H25N3O3. The number of aromatic amines is 1. The highest BCUT2D eigenvalue weighted by Crippen LogP contribution is 2.22. The van der Waals surface area contributed by atoms with Crippen LogP contribution in [0.25, 0.3) is 22.2 Å². The maximum atomic E-state index is 13.0. The highest BCUT2D eigenvalue weighted by molar-refractivity contribution is 5.78. The zero-order chi connectivity index (χ0) is 21.8. The van der Waals surface area contributed by atoms with Crippen molar-refractivity contribution in [2.75, 3.05) is 0 Å². The Bertz CT molecular complexity index is 1240. The van der Waals surface area contributed by atoms with Crippen LogP contribution in [0.15, 0.2) is 75.9 Å². The fourth-order valence-electron chi connectivity index (χ4n) is 3.57. The molecule has 2 heterocycles. The van der Waals surface area contributed by atoms with E-state index in [0.717, 1.165) is 17.1 Å². The lowest BCUT2D eigenvalue weighted by molar-refractivity contribution is -0.133. The third-order valence-electron chi connectivity index (χ3n) is 5.23. The largest absolute Gasteiger partial charge is 0.461 e. The average molecular weight is 415 g/mol. The van der Waals surface area contributed by atoms with E-state index in [1.54, 1.807) is 23.1 Å². The number of para-hydroxylation sites is 1. The van der Waals surface area contributed by atoms with Crippen LogP contribution in [-0.4, -0.2) is 26.8 Å². The van der Waals surface area contributed by atoms with E-state index in [1.165, 1.54) is 0 Å². The minimum Gasteiger partial charge on any atom is -0.461 e. The molecule has 0 bridgehead atoms. The number of furan rings is 1. The first kappa shape index (κ1) is 20.6.